The van der Waals surface area contributed by atoms with E-state index in [4.69, 9.17) is 4.74 Å². The summed E-state index contributed by atoms with van der Waals surface area (Å²) in [4.78, 5) is 12.1. The number of hydrogen-bond donors (Lipinski definition) is 0. The van der Waals surface area contributed by atoms with Crippen molar-refractivity contribution < 1.29 is 13.9 Å². The highest BCUT2D eigenvalue weighted by Crippen LogP contribution is 2.15. The average Bonchev–Trinajstić information content (AvgIpc) is 2.41. The van der Waals surface area contributed by atoms with E-state index in [1.54, 1.807) is 6.92 Å². The lowest BCUT2D eigenvalue weighted by Gasteiger charge is -2.13. The van der Waals surface area contributed by atoms with Crippen molar-refractivity contribution in [2.24, 2.45) is 0 Å². The SMILES string of the molecule is Cc1ccc(OC(C)C(=O)c2ccc(F)cc2)cc1. The zero-order valence-corrected chi connectivity index (χ0v) is 10.9. The molecule has 0 aliphatic carbocycles. The highest BCUT2D eigenvalue weighted by molar-refractivity contribution is 5.99. The van der Waals surface area contributed by atoms with Gasteiger partial charge in [-0.3, -0.25) is 4.79 Å². The van der Waals surface area contributed by atoms with E-state index in [2.05, 4.69) is 0 Å². The van der Waals surface area contributed by atoms with E-state index in [1.807, 2.05) is 31.2 Å². The van der Waals surface area contributed by atoms with Crippen molar-refractivity contribution in [2.75, 3.05) is 0 Å². The normalized spacial score (nSPS) is 11.9. The molecule has 2 nitrogen and oxygen atoms in total. The van der Waals surface area contributed by atoms with Gasteiger partial charge in [0.1, 0.15) is 11.6 Å². The fourth-order valence-electron chi connectivity index (χ4n) is 1.72. The lowest BCUT2D eigenvalue weighted by atomic mass is 10.1. The van der Waals surface area contributed by atoms with Crippen LogP contribution in [0.3, 0.4) is 0 Å². The summed E-state index contributed by atoms with van der Waals surface area (Å²) in [6, 6.07) is 13.0. The first-order chi connectivity index (χ1) is 9.06. The van der Waals surface area contributed by atoms with E-state index >= 15 is 0 Å². The summed E-state index contributed by atoms with van der Waals surface area (Å²) < 4.78 is 18.4. The number of ether oxygens (including phenoxy) is 1. The molecule has 2 aromatic carbocycles. The Morgan fingerprint density at radius 3 is 2.21 bits per heavy atom. The van der Waals surface area contributed by atoms with Gasteiger partial charge in [-0.15, -0.1) is 0 Å². The topological polar surface area (TPSA) is 26.3 Å². The van der Waals surface area contributed by atoms with Crippen LogP contribution in [0.15, 0.2) is 48.5 Å². The first-order valence-electron chi connectivity index (χ1n) is 6.09. The molecule has 0 saturated carbocycles. The van der Waals surface area contributed by atoms with Crippen LogP contribution in [-0.4, -0.2) is 11.9 Å². The summed E-state index contributed by atoms with van der Waals surface area (Å²) in [5.74, 6) is 0.123. The van der Waals surface area contributed by atoms with Gasteiger partial charge >= 0.3 is 0 Å². The molecule has 1 atom stereocenters. The number of hydrogen-bond acceptors (Lipinski definition) is 2. The number of Topliss-reactive ketones (excluding diaryl/α,β-unsaturated/α-hetero) is 1. The molecule has 0 N–H and O–H groups in total. The number of rotatable bonds is 4. The molecule has 19 heavy (non-hydrogen) atoms. The van der Waals surface area contributed by atoms with Crippen LogP contribution in [-0.2, 0) is 0 Å². The molecule has 0 radical (unpaired) electrons. The van der Waals surface area contributed by atoms with Gasteiger partial charge in [-0.1, -0.05) is 17.7 Å². The van der Waals surface area contributed by atoms with Gasteiger partial charge in [0.2, 0.25) is 5.78 Å². The lowest BCUT2D eigenvalue weighted by Crippen LogP contribution is -2.23. The summed E-state index contributed by atoms with van der Waals surface area (Å²) in [6.07, 6.45) is -0.604. The van der Waals surface area contributed by atoms with Gasteiger partial charge < -0.3 is 4.74 Å². The highest BCUT2D eigenvalue weighted by atomic mass is 19.1. The number of aryl methyl sites for hydroxylation is 1. The van der Waals surface area contributed by atoms with Crippen LogP contribution < -0.4 is 4.74 Å². The standard InChI is InChI=1S/C16H15FO2/c1-11-3-9-15(10-4-11)19-12(2)16(18)13-5-7-14(17)8-6-13/h3-10,12H,1-2H3. The number of carbonyl (C=O) groups is 1. The maximum absolute atomic E-state index is 12.8. The second-order valence-corrected chi connectivity index (χ2v) is 4.44. The molecule has 0 aliphatic heterocycles. The molecule has 0 saturated heterocycles. The lowest BCUT2D eigenvalue weighted by molar-refractivity contribution is 0.0818. The fourth-order valence-corrected chi connectivity index (χ4v) is 1.72. The molecule has 0 spiro atoms. The summed E-state index contributed by atoms with van der Waals surface area (Å²) in [7, 11) is 0. The fraction of sp³-hybridized carbons (Fsp3) is 0.188. The highest BCUT2D eigenvalue weighted by Gasteiger charge is 2.16. The van der Waals surface area contributed by atoms with E-state index in [0.29, 0.717) is 11.3 Å². The molecule has 0 aliphatic rings. The summed E-state index contributed by atoms with van der Waals surface area (Å²) >= 11 is 0. The van der Waals surface area contributed by atoms with Crippen LogP contribution in [0.5, 0.6) is 5.75 Å². The second kappa shape index (κ2) is 5.65. The summed E-state index contributed by atoms with van der Waals surface area (Å²) in [5.41, 5.74) is 1.57. The van der Waals surface area contributed by atoms with E-state index in [1.165, 1.54) is 24.3 Å². The summed E-state index contributed by atoms with van der Waals surface area (Å²) in [6.45, 7) is 3.67. The number of carbonyl (C=O) groups excluding carboxylic acids is 1. The molecule has 2 rings (SSSR count). The van der Waals surface area contributed by atoms with Gasteiger partial charge in [0.25, 0.3) is 0 Å². The van der Waals surface area contributed by atoms with Crippen LogP contribution in [0.25, 0.3) is 0 Å². The maximum Gasteiger partial charge on any atom is 0.202 e. The van der Waals surface area contributed by atoms with Gasteiger partial charge in [0.15, 0.2) is 6.10 Å². The van der Waals surface area contributed by atoms with Crippen LogP contribution in [0.4, 0.5) is 4.39 Å². The zero-order valence-electron chi connectivity index (χ0n) is 10.9. The molecule has 0 fully saturated rings. The Kier molecular flexibility index (Phi) is 3.95. The van der Waals surface area contributed by atoms with Gasteiger partial charge in [0.05, 0.1) is 0 Å². The number of benzene rings is 2. The van der Waals surface area contributed by atoms with Crippen LogP contribution >= 0.6 is 0 Å². The monoisotopic (exact) mass is 258 g/mol. The quantitative estimate of drug-likeness (QED) is 0.780. The first kappa shape index (κ1) is 13.3. The third-order valence-electron chi connectivity index (χ3n) is 2.83. The Bertz CT molecular complexity index is 558. The number of halogens is 1. The molecule has 0 heterocycles. The second-order valence-electron chi connectivity index (χ2n) is 4.44. The molecule has 0 aromatic heterocycles. The van der Waals surface area contributed by atoms with Gasteiger partial charge in [-0.05, 0) is 50.2 Å². The molecule has 1 unspecified atom stereocenters. The minimum absolute atomic E-state index is 0.166. The predicted octanol–water partition coefficient (Wildman–Crippen LogP) is 3.78. The average molecular weight is 258 g/mol. The van der Waals surface area contributed by atoms with E-state index < -0.39 is 6.10 Å². The van der Waals surface area contributed by atoms with E-state index in [0.717, 1.165) is 5.56 Å². The molecular formula is C16H15FO2. The smallest absolute Gasteiger partial charge is 0.202 e. The Labute approximate surface area is 111 Å². The molecule has 3 heteroatoms. The first-order valence-corrected chi connectivity index (χ1v) is 6.09. The summed E-state index contributed by atoms with van der Waals surface area (Å²) in [5, 5.41) is 0. The Morgan fingerprint density at radius 2 is 1.63 bits per heavy atom. The zero-order chi connectivity index (χ0) is 13.8. The minimum Gasteiger partial charge on any atom is -0.483 e. The molecule has 0 amide bonds. The molecule has 2 aromatic rings. The van der Waals surface area contributed by atoms with Crippen molar-refractivity contribution in [3.8, 4) is 5.75 Å². The predicted molar refractivity (Wildman–Crippen MR) is 72.0 cm³/mol. The molecule has 0 bridgehead atoms. The van der Waals surface area contributed by atoms with Crippen LogP contribution in [0, 0.1) is 12.7 Å². The van der Waals surface area contributed by atoms with Gasteiger partial charge in [-0.25, -0.2) is 4.39 Å². The molecule has 98 valence electrons. The van der Waals surface area contributed by atoms with Crippen LogP contribution in [0.2, 0.25) is 0 Å². The Hall–Kier alpha value is -2.16. The minimum atomic E-state index is -0.604. The van der Waals surface area contributed by atoms with Crippen molar-refractivity contribution in [3.05, 3.63) is 65.5 Å². The third kappa shape index (κ3) is 3.41. The van der Waals surface area contributed by atoms with Crippen LogP contribution in [0.1, 0.15) is 22.8 Å². The van der Waals surface area contributed by atoms with E-state index in [-0.39, 0.29) is 11.6 Å². The molecular weight excluding hydrogens is 243 g/mol. The third-order valence-corrected chi connectivity index (χ3v) is 2.83. The van der Waals surface area contributed by atoms with Crippen molar-refractivity contribution in [1.82, 2.24) is 0 Å². The van der Waals surface area contributed by atoms with Crippen molar-refractivity contribution in [3.63, 3.8) is 0 Å². The van der Waals surface area contributed by atoms with E-state index in [9.17, 15) is 9.18 Å². The maximum atomic E-state index is 12.8. The van der Waals surface area contributed by atoms with Crippen molar-refractivity contribution in [1.29, 1.82) is 0 Å². The Balaban J connectivity index is 2.07. The van der Waals surface area contributed by atoms with Crippen molar-refractivity contribution >= 4 is 5.78 Å². The van der Waals surface area contributed by atoms with Gasteiger partial charge in [0, 0.05) is 5.56 Å². The van der Waals surface area contributed by atoms with Crippen molar-refractivity contribution in [2.45, 2.75) is 20.0 Å². The number of ketones is 1. The Morgan fingerprint density at radius 1 is 1.05 bits per heavy atom. The van der Waals surface area contributed by atoms with Gasteiger partial charge in [-0.2, -0.15) is 0 Å². The largest absolute Gasteiger partial charge is 0.483 e.